The molecule has 0 fully saturated rings. The monoisotopic (exact) mass is 574 g/mol. The molecular weight excluding hydrogens is 548 g/mol. The molecule has 1 aliphatic carbocycles. The first-order valence-electron chi connectivity index (χ1n) is 15.4. The summed E-state index contributed by atoms with van der Waals surface area (Å²) < 4.78 is 4.58. The molecule has 4 heteroatoms. The van der Waals surface area contributed by atoms with Gasteiger partial charge < -0.3 is 4.57 Å². The molecule has 0 radical (unpaired) electrons. The molecule has 9 aromatic rings. The first-order chi connectivity index (χ1) is 22.3. The average Bonchev–Trinajstić information content (AvgIpc) is 3.75. The van der Waals surface area contributed by atoms with Crippen LogP contribution < -0.4 is 0 Å². The lowest BCUT2D eigenvalue weighted by Gasteiger charge is -2.09. The average molecular weight is 575 g/mol. The number of hydrogen-bond acceptors (Lipinski definition) is 2. The minimum absolute atomic E-state index is 0.708. The lowest BCUT2D eigenvalue weighted by molar-refractivity contribution is 0.980. The van der Waals surface area contributed by atoms with E-state index in [1.807, 2.05) is 6.20 Å². The van der Waals surface area contributed by atoms with Crippen LogP contribution in [0.3, 0.4) is 0 Å². The second-order valence-electron chi connectivity index (χ2n) is 11.9. The summed E-state index contributed by atoms with van der Waals surface area (Å²) in [4.78, 5) is 10.1. The Kier molecular flexibility index (Phi) is 5.02. The molecule has 0 aliphatic heterocycles. The van der Waals surface area contributed by atoms with Crippen molar-refractivity contribution < 1.29 is 0 Å². The summed E-state index contributed by atoms with van der Waals surface area (Å²) in [6.07, 6.45) is 2.89. The van der Waals surface area contributed by atoms with Crippen LogP contribution in [0.25, 0.3) is 77.6 Å². The number of aromatic nitrogens is 4. The predicted molar refractivity (Wildman–Crippen MR) is 184 cm³/mol. The third-order valence-corrected chi connectivity index (χ3v) is 9.40. The SMILES string of the molecule is c1ccc(-n2c3ccccc3c3cc(-c4ccc5c(c4)c4ccccc4n5-c4ncc5c(n4)-c4ccccc4C5)ccc32)cc1. The zero-order chi connectivity index (χ0) is 29.5. The van der Waals surface area contributed by atoms with E-state index >= 15 is 0 Å². The number of benzene rings is 6. The van der Waals surface area contributed by atoms with Gasteiger partial charge in [-0.2, -0.15) is 0 Å². The van der Waals surface area contributed by atoms with Crippen LogP contribution in [0.2, 0.25) is 0 Å². The number of hydrogen-bond donors (Lipinski definition) is 0. The topological polar surface area (TPSA) is 35.6 Å². The van der Waals surface area contributed by atoms with Crippen LogP contribution in [-0.4, -0.2) is 19.1 Å². The number of rotatable bonds is 3. The van der Waals surface area contributed by atoms with Crippen LogP contribution >= 0.6 is 0 Å². The van der Waals surface area contributed by atoms with Crippen molar-refractivity contribution in [1.29, 1.82) is 0 Å². The van der Waals surface area contributed by atoms with Gasteiger partial charge in [-0.15, -0.1) is 0 Å². The molecule has 0 unspecified atom stereocenters. The van der Waals surface area contributed by atoms with Crippen molar-refractivity contribution in [3.8, 4) is 34.0 Å². The fraction of sp³-hybridized carbons (Fsp3) is 0.0244. The van der Waals surface area contributed by atoms with Gasteiger partial charge in [0, 0.05) is 51.0 Å². The summed E-state index contributed by atoms with van der Waals surface area (Å²) in [5.41, 5.74) is 12.9. The van der Waals surface area contributed by atoms with Gasteiger partial charge >= 0.3 is 0 Å². The van der Waals surface area contributed by atoms with Crippen molar-refractivity contribution in [3.63, 3.8) is 0 Å². The predicted octanol–water partition coefficient (Wildman–Crippen LogP) is 9.91. The molecule has 45 heavy (non-hydrogen) atoms. The number of nitrogens with zero attached hydrogens (tertiary/aromatic N) is 4. The highest BCUT2D eigenvalue weighted by Gasteiger charge is 2.22. The number of para-hydroxylation sites is 3. The van der Waals surface area contributed by atoms with E-state index in [9.17, 15) is 0 Å². The van der Waals surface area contributed by atoms with Crippen LogP contribution in [0.1, 0.15) is 11.1 Å². The van der Waals surface area contributed by atoms with E-state index in [0.717, 1.165) is 23.1 Å². The Labute approximate surface area is 259 Å². The molecule has 10 rings (SSSR count). The van der Waals surface area contributed by atoms with Gasteiger partial charge in [0.05, 0.1) is 27.8 Å². The van der Waals surface area contributed by atoms with E-state index in [1.54, 1.807) is 0 Å². The fourth-order valence-corrected chi connectivity index (χ4v) is 7.35. The van der Waals surface area contributed by atoms with Gasteiger partial charge in [-0.3, -0.25) is 4.57 Å². The van der Waals surface area contributed by atoms with E-state index in [0.29, 0.717) is 5.95 Å². The summed E-state index contributed by atoms with van der Waals surface area (Å²) in [5.74, 6) is 0.708. The van der Waals surface area contributed by atoms with Crippen LogP contribution in [-0.2, 0) is 6.42 Å². The quantitative estimate of drug-likeness (QED) is 0.211. The maximum atomic E-state index is 5.16. The largest absolute Gasteiger partial charge is 0.309 e. The van der Waals surface area contributed by atoms with Crippen LogP contribution in [0.5, 0.6) is 0 Å². The molecule has 0 saturated heterocycles. The summed E-state index contributed by atoms with van der Waals surface area (Å²) in [7, 11) is 0. The minimum atomic E-state index is 0.708. The first kappa shape index (κ1) is 24.4. The molecule has 6 aromatic carbocycles. The van der Waals surface area contributed by atoms with E-state index in [4.69, 9.17) is 9.97 Å². The standard InChI is InChI=1S/C41H26N4/c1-2-11-30(12-3-1)44-36-16-8-6-14-32(36)34-23-26(18-20-38(34)44)27-19-21-39-35(24-27)33-15-7-9-17-37(33)45(39)41-42-25-29-22-28-10-4-5-13-31(28)40(29)43-41/h1-21,23-25H,22H2. The van der Waals surface area contributed by atoms with Gasteiger partial charge in [-0.05, 0) is 65.2 Å². The van der Waals surface area contributed by atoms with Crippen molar-refractivity contribution in [2.24, 2.45) is 0 Å². The van der Waals surface area contributed by atoms with Crippen LogP contribution in [0.15, 0.2) is 146 Å². The molecule has 210 valence electrons. The normalized spacial score (nSPS) is 12.4. The second-order valence-corrected chi connectivity index (χ2v) is 11.9. The van der Waals surface area contributed by atoms with Gasteiger partial charge in [0.15, 0.2) is 0 Å². The molecule has 0 bridgehead atoms. The molecule has 4 nitrogen and oxygen atoms in total. The first-order valence-corrected chi connectivity index (χ1v) is 15.4. The Hall–Kier alpha value is -6.00. The van der Waals surface area contributed by atoms with Crippen molar-refractivity contribution in [1.82, 2.24) is 19.1 Å². The minimum Gasteiger partial charge on any atom is -0.309 e. The van der Waals surface area contributed by atoms with Crippen molar-refractivity contribution >= 4 is 43.6 Å². The highest BCUT2D eigenvalue weighted by molar-refractivity contribution is 6.12. The van der Waals surface area contributed by atoms with Gasteiger partial charge in [0.1, 0.15) is 0 Å². The maximum absolute atomic E-state index is 5.16. The Morgan fingerprint density at radius 1 is 0.467 bits per heavy atom. The Morgan fingerprint density at radius 2 is 1.04 bits per heavy atom. The molecular formula is C41H26N4. The fourth-order valence-electron chi connectivity index (χ4n) is 7.35. The van der Waals surface area contributed by atoms with Gasteiger partial charge in [0.2, 0.25) is 5.95 Å². The van der Waals surface area contributed by atoms with Crippen LogP contribution in [0, 0.1) is 0 Å². The molecule has 0 saturated carbocycles. The third-order valence-electron chi connectivity index (χ3n) is 9.40. The van der Waals surface area contributed by atoms with E-state index in [2.05, 4.69) is 149 Å². The molecule has 3 aromatic heterocycles. The summed E-state index contributed by atoms with van der Waals surface area (Å²) in [6, 6.07) is 50.1. The van der Waals surface area contributed by atoms with Crippen LogP contribution in [0.4, 0.5) is 0 Å². The maximum Gasteiger partial charge on any atom is 0.235 e. The van der Waals surface area contributed by atoms with E-state index in [-0.39, 0.29) is 0 Å². The molecule has 0 atom stereocenters. The van der Waals surface area contributed by atoms with Gasteiger partial charge in [0.25, 0.3) is 0 Å². The molecule has 1 aliphatic rings. The second kappa shape index (κ2) is 9.25. The Balaban J connectivity index is 1.16. The van der Waals surface area contributed by atoms with Gasteiger partial charge in [-0.25, -0.2) is 9.97 Å². The van der Waals surface area contributed by atoms with Crippen molar-refractivity contribution in [2.45, 2.75) is 6.42 Å². The molecule has 0 spiro atoms. The highest BCUT2D eigenvalue weighted by Crippen LogP contribution is 2.39. The molecule has 3 heterocycles. The summed E-state index contributed by atoms with van der Waals surface area (Å²) in [5, 5.41) is 4.90. The highest BCUT2D eigenvalue weighted by atomic mass is 15.2. The van der Waals surface area contributed by atoms with Gasteiger partial charge in [-0.1, -0.05) is 91.0 Å². The lowest BCUT2D eigenvalue weighted by Crippen LogP contribution is -2.02. The third kappa shape index (κ3) is 3.54. The van der Waals surface area contributed by atoms with Crippen molar-refractivity contribution in [2.75, 3.05) is 0 Å². The Morgan fingerprint density at radius 3 is 1.78 bits per heavy atom. The summed E-state index contributed by atoms with van der Waals surface area (Å²) >= 11 is 0. The van der Waals surface area contributed by atoms with E-state index < -0.39 is 0 Å². The molecule has 0 amide bonds. The molecule has 0 N–H and O–H groups in total. The zero-order valence-electron chi connectivity index (χ0n) is 24.4. The van der Waals surface area contributed by atoms with Crippen molar-refractivity contribution in [3.05, 3.63) is 157 Å². The lowest BCUT2D eigenvalue weighted by atomic mass is 10.0. The van der Waals surface area contributed by atoms with E-state index in [1.165, 1.54) is 66.1 Å². The number of fused-ring (bicyclic) bond motifs is 9. The summed E-state index contributed by atoms with van der Waals surface area (Å²) in [6.45, 7) is 0. The Bertz CT molecular complexity index is 2620. The smallest absolute Gasteiger partial charge is 0.235 e. The zero-order valence-corrected chi connectivity index (χ0v) is 24.4.